The number of aromatic nitrogens is 3. The predicted molar refractivity (Wildman–Crippen MR) is 104 cm³/mol. The molecule has 1 saturated heterocycles. The molecule has 0 bridgehead atoms. The number of likely N-dealkylation sites (tertiary alicyclic amines) is 1. The molecule has 28 heavy (non-hydrogen) atoms. The number of hydrogen-bond donors (Lipinski definition) is 1. The van der Waals surface area contributed by atoms with Gasteiger partial charge in [-0.3, -0.25) is 4.79 Å². The second-order valence-electron chi connectivity index (χ2n) is 6.96. The monoisotopic (exact) mass is 396 g/mol. The van der Waals surface area contributed by atoms with E-state index in [2.05, 4.69) is 15.2 Å². The molecule has 1 fully saturated rings. The quantitative estimate of drug-likeness (QED) is 0.556. The van der Waals surface area contributed by atoms with E-state index in [1.807, 2.05) is 16.8 Å². The molecule has 1 atom stereocenters. The van der Waals surface area contributed by atoms with E-state index in [0.29, 0.717) is 36.1 Å². The number of hydrogen-bond acceptors (Lipinski definition) is 5. The molecule has 0 aliphatic carbocycles. The summed E-state index contributed by atoms with van der Waals surface area (Å²) in [5.74, 6) is 0.664. The van der Waals surface area contributed by atoms with Gasteiger partial charge in [0.25, 0.3) is 5.91 Å². The Labute approximate surface area is 164 Å². The molecular weight excluding hydrogens is 379 g/mol. The summed E-state index contributed by atoms with van der Waals surface area (Å²) in [5, 5.41) is 13.1. The van der Waals surface area contributed by atoms with E-state index >= 15 is 0 Å². The number of halogens is 1. The fraction of sp³-hybridized carbons (Fsp3) is 0.250. The van der Waals surface area contributed by atoms with Crippen LogP contribution >= 0.6 is 11.3 Å². The minimum atomic E-state index is -0.329. The number of nitrogens with zero attached hydrogens (tertiary/aromatic N) is 3. The SMILES string of the molecule is O=C(c1cc2ccc(F)cc2[nH]1)N1CCC[C@@H](c2nnc(-c3ccsc3)o2)C1. The standard InChI is InChI=1S/C20H17FN4O2S/c21-15-4-3-12-8-17(22-16(12)9-15)20(26)25-6-1-2-13(10-25)18-23-24-19(27-18)14-5-7-28-11-14/h3-5,7-9,11,13,22H,1-2,6,10H2/t13-/m1/s1. The first-order valence-electron chi connectivity index (χ1n) is 9.11. The van der Waals surface area contributed by atoms with Gasteiger partial charge in [-0.25, -0.2) is 4.39 Å². The molecule has 0 spiro atoms. The molecule has 8 heteroatoms. The molecule has 4 heterocycles. The lowest BCUT2D eigenvalue weighted by molar-refractivity contribution is 0.0693. The Hall–Kier alpha value is -3.00. The van der Waals surface area contributed by atoms with Crippen molar-refractivity contribution < 1.29 is 13.6 Å². The second-order valence-corrected chi connectivity index (χ2v) is 7.74. The van der Waals surface area contributed by atoms with Crippen molar-refractivity contribution in [2.24, 2.45) is 0 Å². The Kier molecular flexibility index (Phi) is 4.20. The third-order valence-corrected chi connectivity index (χ3v) is 5.76. The molecule has 0 saturated carbocycles. The van der Waals surface area contributed by atoms with Crippen LogP contribution in [-0.4, -0.2) is 39.1 Å². The number of nitrogens with one attached hydrogen (secondary N) is 1. The summed E-state index contributed by atoms with van der Waals surface area (Å²) in [6, 6.07) is 8.17. The van der Waals surface area contributed by atoms with Crippen molar-refractivity contribution in [1.82, 2.24) is 20.1 Å². The molecule has 1 aliphatic heterocycles. The summed E-state index contributed by atoms with van der Waals surface area (Å²) in [6.45, 7) is 1.19. The van der Waals surface area contributed by atoms with E-state index in [1.165, 1.54) is 12.1 Å². The summed E-state index contributed by atoms with van der Waals surface area (Å²) >= 11 is 1.58. The Bertz CT molecular complexity index is 1130. The topological polar surface area (TPSA) is 75.0 Å². The summed E-state index contributed by atoms with van der Waals surface area (Å²) < 4.78 is 19.3. The third-order valence-electron chi connectivity index (χ3n) is 5.08. The fourth-order valence-electron chi connectivity index (χ4n) is 3.65. The highest BCUT2D eigenvalue weighted by atomic mass is 32.1. The van der Waals surface area contributed by atoms with Crippen molar-refractivity contribution in [2.45, 2.75) is 18.8 Å². The number of benzene rings is 1. The zero-order valence-corrected chi connectivity index (χ0v) is 15.7. The van der Waals surface area contributed by atoms with Crippen molar-refractivity contribution in [2.75, 3.05) is 13.1 Å². The fourth-order valence-corrected chi connectivity index (χ4v) is 4.28. The van der Waals surface area contributed by atoms with Gasteiger partial charge in [-0.15, -0.1) is 10.2 Å². The highest BCUT2D eigenvalue weighted by Gasteiger charge is 2.29. The first kappa shape index (κ1) is 17.1. The van der Waals surface area contributed by atoms with Gasteiger partial charge in [0.1, 0.15) is 11.5 Å². The maximum Gasteiger partial charge on any atom is 0.270 e. The van der Waals surface area contributed by atoms with E-state index in [9.17, 15) is 9.18 Å². The molecule has 6 nitrogen and oxygen atoms in total. The summed E-state index contributed by atoms with van der Waals surface area (Å²) in [7, 11) is 0. The number of carbonyl (C=O) groups is 1. The number of rotatable bonds is 3. The molecule has 142 valence electrons. The van der Waals surface area contributed by atoms with E-state index in [-0.39, 0.29) is 17.6 Å². The van der Waals surface area contributed by atoms with Crippen LogP contribution in [0.2, 0.25) is 0 Å². The van der Waals surface area contributed by atoms with Gasteiger partial charge in [0.2, 0.25) is 11.8 Å². The van der Waals surface area contributed by atoms with Crippen LogP contribution < -0.4 is 0 Å². The van der Waals surface area contributed by atoms with Gasteiger partial charge >= 0.3 is 0 Å². The Balaban J connectivity index is 1.35. The average molecular weight is 396 g/mol. The molecule has 1 N–H and O–H groups in total. The third kappa shape index (κ3) is 3.09. The Morgan fingerprint density at radius 3 is 3.07 bits per heavy atom. The molecule has 5 rings (SSSR count). The molecule has 0 radical (unpaired) electrons. The summed E-state index contributed by atoms with van der Waals surface area (Å²) in [5.41, 5.74) is 2.00. The number of H-pyrrole nitrogens is 1. The van der Waals surface area contributed by atoms with Crippen molar-refractivity contribution in [3.8, 4) is 11.5 Å². The number of thiophene rings is 1. The zero-order valence-electron chi connectivity index (χ0n) is 14.9. The van der Waals surface area contributed by atoms with Crippen LogP contribution in [0, 0.1) is 5.82 Å². The highest BCUT2D eigenvalue weighted by Crippen LogP contribution is 2.30. The number of fused-ring (bicyclic) bond motifs is 1. The lowest BCUT2D eigenvalue weighted by Crippen LogP contribution is -2.39. The summed E-state index contributed by atoms with van der Waals surface area (Å²) in [6.07, 6.45) is 1.76. The zero-order chi connectivity index (χ0) is 19.1. The number of carbonyl (C=O) groups excluding carboxylic acids is 1. The second kappa shape index (κ2) is 6.87. The largest absolute Gasteiger partial charge is 0.420 e. The van der Waals surface area contributed by atoms with Crippen molar-refractivity contribution in [3.63, 3.8) is 0 Å². The van der Waals surface area contributed by atoms with E-state index in [4.69, 9.17) is 4.42 Å². The first-order chi connectivity index (χ1) is 13.7. The molecule has 1 amide bonds. The summed E-state index contributed by atoms with van der Waals surface area (Å²) in [4.78, 5) is 17.8. The van der Waals surface area contributed by atoms with Gasteiger partial charge in [0.15, 0.2) is 0 Å². The lowest BCUT2D eigenvalue weighted by atomic mass is 9.98. The van der Waals surface area contributed by atoms with Gasteiger partial charge in [-0.05, 0) is 48.6 Å². The smallest absolute Gasteiger partial charge is 0.270 e. The van der Waals surface area contributed by atoms with Crippen LogP contribution in [-0.2, 0) is 0 Å². The Morgan fingerprint density at radius 2 is 2.21 bits per heavy atom. The predicted octanol–water partition coefficient (Wildman–Crippen LogP) is 4.44. The number of aromatic amines is 1. The van der Waals surface area contributed by atoms with E-state index in [1.54, 1.807) is 28.4 Å². The normalized spacial score (nSPS) is 17.3. The minimum Gasteiger partial charge on any atom is -0.420 e. The van der Waals surface area contributed by atoms with Crippen molar-refractivity contribution in [1.29, 1.82) is 0 Å². The van der Waals surface area contributed by atoms with Gasteiger partial charge in [0.05, 0.1) is 5.92 Å². The average Bonchev–Trinajstić information content (AvgIpc) is 3.46. The van der Waals surface area contributed by atoms with Crippen molar-refractivity contribution >= 4 is 28.1 Å². The van der Waals surface area contributed by atoms with Crippen LogP contribution in [0.1, 0.15) is 35.1 Å². The van der Waals surface area contributed by atoms with Crippen LogP contribution in [0.15, 0.2) is 45.5 Å². The molecule has 1 aliphatic rings. The number of amides is 1. The van der Waals surface area contributed by atoms with Crippen LogP contribution in [0.4, 0.5) is 4.39 Å². The molecular formula is C20H17FN4O2S. The minimum absolute atomic E-state index is 0.0133. The van der Waals surface area contributed by atoms with Gasteiger partial charge in [-0.2, -0.15) is 11.3 Å². The number of piperidine rings is 1. The molecule has 0 unspecified atom stereocenters. The van der Waals surface area contributed by atoms with Crippen LogP contribution in [0.5, 0.6) is 0 Å². The Morgan fingerprint density at radius 1 is 1.29 bits per heavy atom. The van der Waals surface area contributed by atoms with Gasteiger partial charge < -0.3 is 14.3 Å². The van der Waals surface area contributed by atoms with Crippen molar-refractivity contribution in [3.05, 3.63) is 58.5 Å². The van der Waals surface area contributed by atoms with Crippen LogP contribution in [0.25, 0.3) is 22.4 Å². The van der Waals surface area contributed by atoms with Gasteiger partial charge in [-0.1, -0.05) is 0 Å². The first-order valence-corrected chi connectivity index (χ1v) is 10.1. The van der Waals surface area contributed by atoms with E-state index < -0.39 is 0 Å². The lowest BCUT2D eigenvalue weighted by Gasteiger charge is -2.30. The highest BCUT2D eigenvalue weighted by molar-refractivity contribution is 7.08. The van der Waals surface area contributed by atoms with Crippen LogP contribution in [0.3, 0.4) is 0 Å². The maximum atomic E-state index is 13.4. The molecule has 3 aromatic heterocycles. The maximum absolute atomic E-state index is 13.4. The van der Waals surface area contributed by atoms with Gasteiger partial charge in [0, 0.05) is 34.9 Å². The van der Waals surface area contributed by atoms with E-state index in [0.717, 1.165) is 23.8 Å². The molecule has 1 aromatic carbocycles. The molecule has 4 aromatic rings.